The van der Waals surface area contributed by atoms with E-state index in [0.29, 0.717) is 5.69 Å². The number of hydrogen-bond acceptors (Lipinski definition) is 7. The number of amides is 1. The molecular formula is C16H13ClFN5O4S. The third kappa shape index (κ3) is 4.88. The molecular weight excluding hydrogens is 413 g/mol. The number of oxazole rings is 1. The Morgan fingerprint density at radius 3 is 2.61 bits per heavy atom. The van der Waals surface area contributed by atoms with E-state index >= 15 is 0 Å². The SMILES string of the molecule is O=C(NCc1cocn1)c1cnc(CNS(=O)(=O)c2ccc(F)c(Cl)c2)cn1. The first-order valence-electron chi connectivity index (χ1n) is 7.76. The first-order chi connectivity index (χ1) is 13.3. The lowest BCUT2D eigenvalue weighted by Gasteiger charge is -2.07. The molecule has 0 radical (unpaired) electrons. The minimum Gasteiger partial charge on any atom is -0.451 e. The molecule has 0 aliphatic rings. The summed E-state index contributed by atoms with van der Waals surface area (Å²) in [5.41, 5.74) is 0.887. The van der Waals surface area contributed by atoms with Gasteiger partial charge in [0.1, 0.15) is 17.8 Å². The van der Waals surface area contributed by atoms with E-state index in [1.807, 2.05) is 0 Å². The fourth-order valence-electron chi connectivity index (χ4n) is 2.05. The van der Waals surface area contributed by atoms with Crippen LogP contribution in [0.3, 0.4) is 0 Å². The molecule has 0 fully saturated rings. The van der Waals surface area contributed by atoms with Gasteiger partial charge in [-0.3, -0.25) is 9.78 Å². The number of halogens is 2. The van der Waals surface area contributed by atoms with Gasteiger partial charge in [0.2, 0.25) is 10.0 Å². The highest BCUT2D eigenvalue weighted by molar-refractivity contribution is 7.89. The maximum absolute atomic E-state index is 13.2. The van der Waals surface area contributed by atoms with E-state index in [0.717, 1.165) is 18.2 Å². The van der Waals surface area contributed by atoms with Crippen LogP contribution in [0.5, 0.6) is 0 Å². The van der Waals surface area contributed by atoms with Crippen molar-refractivity contribution in [2.24, 2.45) is 0 Å². The van der Waals surface area contributed by atoms with Crippen molar-refractivity contribution in [3.63, 3.8) is 0 Å². The molecule has 0 atom stereocenters. The van der Waals surface area contributed by atoms with Gasteiger partial charge in [0.25, 0.3) is 5.91 Å². The summed E-state index contributed by atoms with van der Waals surface area (Å²) in [6, 6.07) is 3.06. The van der Waals surface area contributed by atoms with Crippen molar-refractivity contribution < 1.29 is 22.0 Å². The van der Waals surface area contributed by atoms with Crippen LogP contribution in [0.15, 0.2) is 52.6 Å². The number of rotatable bonds is 7. The fraction of sp³-hybridized carbons (Fsp3) is 0.125. The van der Waals surface area contributed by atoms with E-state index in [-0.39, 0.29) is 34.4 Å². The van der Waals surface area contributed by atoms with Crippen molar-refractivity contribution in [2.45, 2.75) is 18.0 Å². The molecule has 0 unspecified atom stereocenters. The van der Waals surface area contributed by atoms with Crippen LogP contribution >= 0.6 is 11.6 Å². The van der Waals surface area contributed by atoms with Gasteiger partial charge in [0, 0.05) is 0 Å². The molecule has 2 N–H and O–H groups in total. The summed E-state index contributed by atoms with van der Waals surface area (Å²) < 4.78 is 44.7. The fourth-order valence-corrected chi connectivity index (χ4v) is 3.32. The van der Waals surface area contributed by atoms with Crippen LogP contribution in [0.2, 0.25) is 5.02 Å². The topological polar surface area (TPSA) is 127 Å². The van der Waals surface area contributed by atoms with Gasteiger partial charge in [-0.05, 0) is 18.2 Å². The van der Waals surface area contributed by atoms with Gasteiger partial charge in [0.15, 0.2) is 6.39 Å². The molecule has 28 heavy (non-hydrogen) atoms. The number of hydrogen-bond donors (Lipinski definition) is 2. The minimum atomic E-state index is -3.92. The molecule has 12 heteroatoms. The Kier molecular flexibility index (Phi) is 5.97. The van der Waals surface area contributed by atoms with Crippen LogP contribution in [0.1, 0.15) is 21.9 Å². The van der Waals surface area contributed by atoms with Gasteiger partial charge in [0.05, 0.1) is 46.8 Å². The molecule has 2 aromatic heterocycles. The van der Waals surface area contributed by atoms with E-state index in [2.05, 4.69) is 25.0 Å². The lowest BCUT2D eigenvalue weighted by molar-refractivity contribution is 0.0945. The van der Waals surface area contributed by atoms with Crippen LogP contribution < -0.4 is 10.0 Å². The normalized spacial score (nSPS) is 11.4. The van der Waals surface area contributed by atoms with E-state index in [4.69, 9.17) is 16.0 Å². The third-order valence-corrected chi connectivity index (χ3v) is 5.18. The second kappa shape index (κ2) is 8.42. The Balaban J connectivity index is 1.59. The zero-order chi connectivity index (χ0) is 20.1. The quantitative estimate of drug-likeness (QED) is 0.589. The lowest BCUT2D eigenvalue weighted by Crippen LogP contribution is -2.25. The second-order valence-corrected chi connectivity index (χ2v) is 7.63. The predicted molar refractivity (Wildman–Crippen MR) is 95.1 cm³/mol. The highest BCUT2D eigenvalue weighted by Crippen LogP contribution is 2.19. The van der Waals surface area contributed by atoms with Crippen molar-refractivity contribution in [2.75, 3.05) is 0 Å². The number of nitrogens with one attached hydrogen (secondary N) is 2. The summed E-state index contributed by atoms with van der Waals surface area (Å²) in [5.74, 6) is -1.19. The van der Waals surface area contributed by atoms with Gasteiger partial charge < -0.3 is 9.73 Å². The summed E-state index contributed by atoms with van der Waals surface area (Å²) >= 11 is 5.61. The zero-order valence-electron chi connectivity index (χ0n) is 14.1. The Bertz CT molecular complexity index is 1070. The molecule has 0 aliphatic heterocycles. The minimum absolute atomic E-state index is 0.0559. The molecule has 1 amide bonds. The monoisotopic (exact) mass is 425 g/mol. The summed E-state index contributed by atoms with van der Waals surface area (Å²) in [5, 5.41) is 2.29. The molecule has 1 aromatic carbocycles. The molecule has 0 aliphatic carbocycles. The van der Waals surface area contributed by atoms with Crippen molar-refractivity contribution in [1.82, 2.24) is 25.0 Å². The van der Waals surface area contributed by atoms with Gasteiger partial charge >= 0.3 is 0 Å². The Morgan fingerprint density at radius 2 is 1.96 bits per heavy atom. The van der Waals surface area contributed by atoms with Crippen LogP contribution in [0, 0.1) is 5.82 Å². The maximum Gasteiger partial charge on any atom is 0.271 e. The molecule has 3 rings (SSSR count). The van der Waals surface area contributed by atoms with E-state index < -0.39 is 21.7 Å². The third-order valence-electron chi connectivity index (χ3n) is 3.50. The average Bonchev–Trinajstić information content (AvgIpc) is 3.20. The number of sulfonamides is 1. The number of nitrogens with zero attached hydrogens (tertiary/aromatic N) is 3. The molecule has 2 heterocycles. The van der Waals surface area contributed by atoms with Gasteiger partial charge in [-0.25, -0.2) is 27.5 Å². The van der Waals surface area contributed by atoms with Gasteiger partial charge in [-0.15, -0.1) is 0 Å². The summed E-state index contributed by atoms with van der Waals surface area (Å²) in [6.45, 7) is -0.00996. The summed E-state index contributed by atoms with van der Waals surface area (Å²) in [4.78, 5) is 23.6. The van der Waals surface area contributed by atoms with Crippen LogP contribution in [-0.2, 0) is 23.1 Å². The lowest BCUT2D eigenvalue weighted by atomic mass is 10.3. The number of benzene rings is 1. The molecule has 3 aromatic rings. The Morgan fingerprint density at radius 1 is 1.14 bits per heavy atom. The van der Waals surface area contributed by atoms with Gasteiger partial charge in [-0.2, -0.15) is 0 Å². The Labute approximate surface area is 164 Å². The van der Waals surface area contributed by atoms with Crippen molar-refractivity contribution in [3.8, 4) is 0 Å². The predicted octanol–water partition coefficient (Wildman–Crippen LogP) is 1.67. The summed E-state index contributed by atoms with van der Waals surface area (Å²) in [6.07, 6.45) is 5.13. The molecule has 0 saturated carbocycles. The molecule has 0 saturated heterocycles. The van der Waals surface area contributed by atoms with E-state index in [9.17, 15) is 17.6 Å². The van der Waals surface area contributed by atoms with Crippen molar-refractivity contribution in [3.05, 3.63) is 71.2 Å². The first kappa shape index (κ1) is 19.9. The molecule has 0 bridgehead atoms. The molecule has 146 valence electrons. The number of carbonyl (C=O) groups is 1. The first-order valence-corrected chi connectivity index (χ1v) is 9.62. The average molecular weight is 426 g/mol. The van der Waals surface area contributed by atoms with Crippen LogP contribution in [0.25, 0.3) is 0 Å². The highest BCUT2D eigenvalue weighted by atomic mass is 35.5. The van der Waals surface area contributed by atoms with E-state index in [1.54, 1.807) is 0 Å². The van der Waals surface area contributed by atoms with Crippen molar-refractivity contribution in [1.29, 1.82) is 0 Å². The second-order valence-electron chi connectivity index (χ2n) is 5.46. The van der Waals surface area contributed by atoms with Crippen molar-refractivity contribution >= 4 is 27.5 Å². The van der Waals surface area contributed by atoms with Gasteiger partial charge in [-0.1, -0.05) is 11.6 Å². The van der Waals surface area contributed by atoms with E-state index in [1.165, 1.54) is 25.1 Å². The van der Waals surface area contributed by atoms with Crippen LogP contribution in [0.4, 0.5) is 4.39 Å². The Hall–Kier alpha value is -2.89. The molecule has 9 nitrogen and oxygen atoms in total. The molecule has 0 spiro atoms. The maximum atomic E-state index is 13.2. The smallest absolute Gasteiger partial charge is 0.271 e. The number of carbonyl (C=O) groups excluding carboxylic acids is 1. The summed E-state index contributed by atoms with van der Waals surface area (Å²) in [7, 11) is -3.92. The van der Waals surface area contributed by atoms with Crippen LogP contribution in [-0.4, -0.2) is 29.3 Å². The standard InChI is InChI=1S/C16H13ClFN5O4S/c17-13-3-12(1-2-14(13)18)28(25,26)23-6-10-4-20-15(7-19-10)16(24)21-5-11-8-27-9-22-11/h1-4,7-9,23H,5-6H2,(H,21,24). The highest BCUT2D eigenvalue weighted by Gasteiger charge is 2.16. The largest absolute Gasteiger partial charge is 0.451 e. The number of aromatic nitrogens is 3. The zero-order valence-corrected chi connectivity index (χ0v) is 15.7.